The molecule has 2 saturated heterocycles. The Morgan fingerprint density at radius 1 is 0.758 bits per heavy atom. The highest BCUT2D eigenvalue weighted by Crippen LogP contribution is 2.36. The summed E-state index contributed by atoms with van der Waals surface area (Å²) in [5, 5.41) is 55.4. The molecule has 9 N–H and O–H groups in total. The highest BCUT2D eigenvalue weighted by atomic mass is 16.7. The summed E-state index contributed by atoms with van der Waals surface area (Å²) in [7, 11) is 1.31. The van der Waals surface area contributed by atoms with Crippen molar-refractivity contribution >= 4 is 30.3 Å². The van der Waals surface area contributed by atoms with Crippen LogP contribution < -0.4 is 21.7 Å². The normalized spacial score (nSPS) is 31.4. The van der Waals surface area contributed by atoms with Crippen molar-refractivity contribution in [1.82, 2.24) is 25.8 Å². The number of aliphatic hydroxyl groups is 4. The lowest BCUT2D eigenvalue weighted by Crippen LogP contribution is -2.74. The fraction of sp³-hybridized carbons (Fsp3) is 0.837. The van der Waals surface area contributed by atoms with Crippen molar-refractivity contribution in [2.45, 2.75) is 198 Å². The van der Waals surface area contributed by atoms with Crippen molar-refractivity contribution in [3.05, 3.63) is 11.8 Å². The molecule has 11 atom stereocenters. The van der Waals surface area contributed by atoms with Gasteiger partial charge in [-0.2, -0.15) is 0 Å². The number of rotatable bonds is 10. The Hall–Kier alpha value is -4.23. The highest BCUT2D eigenvalue weighted by Gasteiger charge is 2.57. The smallest absolute Gasteiger partial charge is 0.410 e. The van der Waals surface area contributed by atoms with Crippen LogP contribution in [0.1, 0.15) is 103 Å². The van der Waals surface area contributed by atoms with Gasteiger partial charge in [0.2, 0.25) is 6.29 Å². The van der Waals surface area contributed by atoms with E-state index in [1.165, 1.54) is 14.0 Å². The summed E-state index contributed by atoms with van der Waals surface area (Å²) in [6.45, 7) is 19.7. The molecule has 0 spiro atoms. The molecular formula is C43H74N6O17. The number of hydrogen-bond acceptors (Lipinski definition) is 18. The molecule has 4 aliphatic rings. The molecule has 3 heterocycles. The number of carbonyl (C=O) groups excluding carboxylic acids is 5. The maximum atomic E-state index is 14.0. The molecule has 66 heavy (non-hydrogen) atoms. The van der Waals surface area contributed by atoms with Crippen LogP contribution in [0.4, 0.5) is 19.2 Å². The summed E-state index contributed by atoms with van der Waals surface area (Å²) < 4.78 is 46.7. The van der Waals surface area contributed by atoms with E-state index in [-0.39, 0.29) is 25.1 Å². The molecule has 0 radical (unpaired) electrons. The second kappa shape index (κ2) is 20.2. The van der Waals surface area contributed by atoms with E-state index in [2.05, 4.69) is 16.0 Å². The highest BCUT2D eigenvalue weighted by molar-refractivity contribution is 5.89. The Kier molecular flexibility index (Phi) is 16.6. The molecule has 0 bridgehead atoms. The molecule has 5 amide bonds. The number of likely N-dealkylation sites (tertiary alicyclic amines) is 1. The summed E-state index contributed by atoms with van der Waals surface area (Å²) in [5.74, 6) is -0.712. The third-order valence-corrected chi connectivity index (χ3v) is 10.5. The van der Waals surface area contributed by atoms with Gasteiger partial charge in [-0.05, 0) is 109 Å². The average molecular weight is 947 g/mol. The van der Waals surface area contributed by atoms with Crippen molar-refractivity contribution < 1.29 is 82.3 Å². The molecule has 0 aromatic heterocycles. The predicted molar refractivity (Wildman–Crippen MR) is 232 cm³/mol. The summed E-state index contributed by atoms with van der Waals surface area (Å²) in [4.78, 5) is 68.7. The van der Waals surface area contributed by atoms with Crippen molar-refractivity contribution in [1.29, 1.82) is 0 Å². The van der Waals surface area contributed by atoms with Crippen molar-refractivity contribution in [3.8, 4) is 0 Å². The van der Waals surface area contributed by atoms with E-state index in [4.69, 9.17) is 43.6 Å². The van der Waals surface area contributed by atoms with Crippen LogP contribution in [0.15, 0.2) is 11.8 Å². The van der Waals surface area contributed by atoms with Crippen molar-refractivity contribution in [2.75, 3.05) is 33.3 Å². The van der Waals surface area contributed by atoms with Gasteiger partial charge in [-0.3, -0.25) is 4.79 Å². The largest absolute Gasteiger partial charge is 0.466 e. The van der Waals surface area contributed by atoms with Gasteiger partial charge in [0, 0.05) is 7.05 Å². The molecule has 0 unspecified atom stereocenters. The number of nitrogens with two attached hydrogens (primary N) is 1. The van der Waals surface area contributed by atoms with Crippen molar-refractivity contribution in [3.63, 3.8) is 0 Å². The SMILES string of the molecule is CN(C(=O)OC(C)(C)C)[C@@H]1[C@@H](O)[C@@H](O[C@@H]2[C@@H](O)[C@H](O[C@H]3OC(CN)=CC[C@H]3NC(=O)OC(C)(C)C)[C@@H](NC(=O)OC(C)(C)C)C[C@H]2NC(=O)C2(O)CN(C(=O)OC(C)(C)C)C2)OC[C@]1(C)O. The number of alkyl carbamates (subject to hydrolysis) is 2. The minimum Gasteiger partial charge on any atom is -0.466 e. The van der Waals surface area contributed by atoms with E-state index in [1.54, 1.807) is 89.2 Å². The number of β-amino-alcohol motifs (C(OH)–C–C–N with tert-alkyl or cyclic N) is 1. The Morgan fingerprint density at radius 3 is 1.74 bits per heavy atom. The Labute approximate surface area is 386 Å². The standard InChI is InChI=1S/C43H74N6O17/c1-38(2,3)63-34(53)46-23-16-15-22(18-44)60-31(23)61-29-25(47-35(54)64-39(4,5)6)17-24(45-33(52)43(58)19-49(20-43)37(56)66-41(10,11)12)28(26(29)50)62-32-27(51)30(42(13,57)21-59-32)48(14)36(55)65-40(7,8)9/h15,23-32,50-51,57-58H,16-21,44H2,1-14H3,(H,45,52)(H,46,53)(H,47,54)/t23-,24-,25+,26-,27-,28+,29-,30-,31-,32-,42+/m1/s1. The molecule has 3 aliphatic heterocycles. The van der Waals surface area contributed by atoms with Crippen molar-refractivity contribution in [2.24, 2.45) is 5.73 Å². The third kappa shape index (κ3) is 14.6. The number of carbonyl (C=O) groups is 5. The van der Waals surface area contributed by atoms with Crippen LogP contribution in [0.2, 0.25) is 0 Å². The first kappa shape index (κ1) is 54.4. The zero-order valence-corrected chi connectivity index (χ0v) is 40.7. The summed E-state index contributed by atoms with van der Waals surface area (Å²) in [6.07, 6.45) is -11.9. The molecule has 4 rings (SSSR count). The van der Waals surface area contributed by atoms with Crippen LogP contribution in [0.5, 0.6) is 0 Å². The second-order valence-electron chi connectivity index (χ2n) is 21.5. The van der Waals surface area contributed by atoms with E-state index in [9.17, 15) is 44.4 Å². The fourth-order valence-electron chi connectivity index (χ4n) is 7.75. The van der Waals surface area contributed by atoms with E-state index < -0.39 is 145 Å². The summed E-state index contributed by atoms with van der Waals surface area (Å²) >= 11 is 0. The van der Waals surface area contributed by atoms with Gasteiger partial charge in [-0.1, -0.05) is 0 Å². The summed E-state index contributed by atoms with van der Waals surface area (Å²) in [6, 6.07) is -4.97. The van der Waals surface area contributed by atoms with Gasteiger partial charge in [-0.25, -0.2) is 19.2 Å². The fourth-order valence-corrected chi connectivity index (χ4v) is 7.75. The maximum absolute atomic E-state index is 14.0. The molecule has 0 aromatic rings. The number of ether oxygens (including phenoxy) is 8. The van der Waals surface area contributed by atoms with E-state index >= 15 is 0 Å². The minimum absolute atomic E-state index is 0.0699. The number of aliphatic hydroxyl groups excluding tert-OH is 2. The maximum Gasteiger partial charge on any atom is 0.410 e. The van der Waals surface area contributed by atoms with Crippen LogP contribution in [0.25, 0.3) is 0 Å². The van der Waals surface area contributed by atoms with E-state index in [0.29, 0.717) is 0 Å². The number of likely N-dealkylation sites (N-methyl/N-ethyl adjacent to an activating group) is 1. The van der Waals surface area contributed by atoms with Crippen LogP contribution >= 0.6 is 0 Å². The summed E-state index contributed by atoms with van der Waals surface area (Å²) in [5.41, 5.74) is -1.75. The van der Waals surface area contributed by atoms with Gasteiger partial charge < -0.3 is 89.8 Å². The molecule has 378 valence electrons. The first-order valence-electron chi connectivity index (χ1n) is 22.0. The second-order valence-corrected chi connectivity index (χ2v) is 21.5. The van der Waals surface area contributed by atoms with Gasteiger partial charge in [0.1, 0.15) is 58.2 Å². The van der Waals surface area contributed by atoms with Crippen LogP contribution in [-0.2, 0) is 42.7 Å². The lowest BCUT2D eigenvalue weighted by Gasteiger charge is -2.51. The zero-order valence-electron chi connectivity index (χ0n) is 40.7. The van der Waals surface area contributed by atoms with Gasteiger partial charge in [0.15, 0.2) is 11.9 Å². The molecule has 1 aliphatic carbocycles. The number of hydrogen-bond donors (Lipinski definition) is 8. The molecule has 1 saturated carbocycles. The van der Waals surface area contributed by atoms with E-state index in [1.807, 2.05) is 0 Å². The Morgan fingerprint density at radius 2 is 1.24 bits per heavy atom. The number of nitrogens with one attached hydrogen (secondary N) is 3. The quantitative estimate of drug-likeness (QED) is 0.142. The first-order valence-corrected chi connectivity index (χ1v) is 22.0. The lowest BCUT2D eigenvalue weighted by molar-refractivity contribution is -0.311. The topological polar surface area (TPSA) is 309 Å². The minimum atomic E-state index is -2.14. The Balaban J connectivity index is 1.75. The molecule has 23 nitrogen and oxygen atoms in total. The van der Waals surface area contributed by atoms with Gasteiger partial charge in [0.25, 0.3) is 5.91 Å². The van der Waals surface area contributed by atoms with Crippen LogP contribution in [-0.4, -0.2) is 189 Å². The van der Waals surface area contributed by atoms with E-state index in [0.717, 1.165) is 9.80 Å². The predicted octanol–water partition coefficient (Wildman–Crippen LogP) is 1.07. The molecule has 23 heteroatoms. The number of nitrogens with zero attached hydrogens (tertiary/aromatic N) is 2. The molecule has 0 aromatic carbocycles. The first-order chi connectivity index (χ1) is 30.0. The lowest BCUT2D eigenvalue weighted by atomic mass is 9.82. The molecular weight excluding hydrogens is 872 g/mol. The van der Waals surface area contributed by atoms with Gasteiger partial charge in [0.05, 0.1) is 50.4 Å². The monoisotopic (exact) mass is 947 g/mol. The van der Waals surface area contributed by atoms with Gasteiger partial charge in [-0.15, -0.1) is 0 Å². The Bertz CT molecular complexity index is 1780. The van der Waals surface area contributed by atoms with Crippen LogP contribution in [0.3, 0.4) is 0 Å². The zero-order chi connectivity index (χ0) is 50.1. The molecule has 3 fully saturated rings. The third-order valence-electron chi connectivity index (χ3n) is 10.5. The number of amides is 5. The van der Waals surface area contributed by atoms with Crippen LogP contribution in [0, 0.1) is 0 Å². The average Bonchev–Trinajstić information content (AvgIpc) is 3.11. The van der Waals surface area contributed by atoms with Gasteiger partial charge >= 0.3 is 24.4 Å².